The number of carbonyl (C=O) groups excluding carboxylic acids is 2. The number of nitrogens with one attached hydrogen (secondary N) is 1. The monoisotopic (exact) mass is 490 g/mol. The maximum absolute atomic E-state index is 13.8. The average molecular weight is 491 g/mol. The lowest BCUT2D eigenvalue weighted by molar-refractivity contribution is -0.133. The third-order valence-electron chi connectivity index (χ3n) is 8.04. The number of anilines is 1. The zero-order valence-electron chi connectivity index (χ0n) is 21.8. The van der Waals surface area contributed by atoms with Crippen LogP contribution in [0.2, 0.25) is 0 Å². The molecule has 36 heavy (non-hydrogen) atoms. The smallest absolute Gasteiger partial charge is 0.271 e. The molecule has 3 heterocycles. The summed E-state index contributed by atoms with van der Waals surface area (Å²) in [6.07, 6.45) is 7.96. The lowest BCUT2D eigenvalue weighted by Gasteiger charge is -2.45. The number of fused-ring (bicyclic) bond motifs is 3. The fourth-order valence-corrected chi connectivity index (χ4v) is 5.92. The molecule has 5 rings (SSSR count). The molecule has 2 aliphatic rings. The second-order valence-electron chi connectivity index (χ2n) is 10.6. The van der Waals surface area contributed by atoms with Gasteiger partial charge in [0.15, 0.2) is 5.58 Å². The fraction of sp³-hybridized carbons (Fsp3) is 0.517. The molecule has 0 unspecified atom stereocenters. The van der Waals surface area contributed by atoms with E-state index in [0.717, 1.165) is 50.7 Å². The van der Waals surface area contributed by atoms with E-state index < -0.39 is 5.54 Å². The standard InChI is InChI=1S/C29H38N4O3/c1-4-31(23-13-8-10-21(2)18-23)15-9-16-33-27(34)25-19-26-24(14-17-36-26)32(25)20-29(33,3)28(35)30-22-11-6-5-7-12-22/h8,10,13-14,17-19,22H,4-7,9,11-12,15-16,20H2,1-3H3,(H,30,35)/t29-/m0/s1. The summed E-state index contributed by atoms with van der Waals surface area (Å²) >= 11 is 0. The molecule has 192 valence electrons. The Morgan fingerprint density at radius 1 is 1.19 bits per heavy atom. The third-order valence-corrected chi connectivity index (χ3v) is 8.04. The summed E-state index contributed by atoms with van der Waals surface area (Å²) in [5.41, 5.74) is 3.60. The van der Waals surface area contributed by atoms with Crippen LogP contribution in [-0.2, 0) is 11.3 Å². The summed E-state index contributed by atoms with van der Waals surface area (Å²) < 4.78 is 7.55. The zero-order chi connectivity index (χ0) is 25.3. The Hall–Kier alpha value is -3.22. The number of hydrogen-bond donors (Lipinski definition) is 1. The van der Waals surface area contributed by atoms with E-state index in [-0.39, 0.29) is 17.9 Å². The Balaban J connectivity index is 1.38. The number of nitrogens with zero attached hydrogens (tertiary/aromatic N) is 3. The van der Waals surface area contributed by atoms with Crippen molar-refractivity contribution in [2.45, 2.75) is 77.4 Å². The van der Waals surface area contributed by atoms with E-state index in [1.54, 1.807) is 6.26 Å². The van der Waals surface area contributed by atoms with Crippen LogP contribution in [0.15, 0.2) is 47.1 Å². The van der Waals surface area contributed by atoms with Gasteiger partial charge in [0.25, 0.3) is 5.91 Å². The van der Waals surface area contributed by atoms with Gasteiger partial charge in [0.1, 0.15) is 11.2 Å². The number of rotatable bonds is 8. The Morgan fingerprint density at radius 3 is 2.75 bits per heavy atom. The number of hydrogen-bond acceptors (Lipinski definition) is 4. The SMILES string of the molecule is CCN(CCCN1C(=O)c2cc3occc3n2C[C@@]1(C)C(=O)NC1CCCCC1)c1cccc(C)c1. The number of benzene rings is 1. The maximum atomic E-state index is 13.8. The largest absolute Gasteiger partial charge is 0.463 e. The van der Waals surface area contributed by atoms with Gasteiger partial charge in [-0.1, -0.05) is 31.4 Å². The summed E-state index contributed by atoms with van der Waals surface area (Å²) in [6.45, 7) is 8.82. The minimum Gasteiger partial charge on any atom is -0.463 e. The lowest BCUT2D eigenvalue weighted by Crippen LogP contribution is -2.65. The van der Waals surface area contributed by atoms with Crippen LogP contribution in [0.3, 0.4) is 0 Å². The molecule has 7 nitrogen and oxygen atoms in total. The Labute approximate surface area is 213 Å². The van der Waals surface area contributed by atoms with E-state index in [9.17, 15) is 9.59 Å². The van der Waals surface area contributed by atoms with Crippen LogP contribution in [0.1, 0.15) is 68.4 Å². The summed E-state index contributed by atoms with van der Waals surface area (Å²) in [4.78, 5) is 31.8. The fourth-order valence-electron chi connectivity index (χ4n) is 5.92. The van der Waals surface area contributed by atoms with Crippen molar-refractivity contribution in [2.75, 3.05) is 24.5 Å². The predicted molar refractivity (Wildman–Crippen MR) is 142 cm³/mol. The van der Waals surface area contributed by atoms with Gasteiger partial charge in [-0.15, -0.1) is 0 Å². The molecule has 1 fully saturated rings. The first-order valence-electron chi connectivity index (χ1n) is 13.4. The molecule has 7 heteroatoms. The number of aromatic nitrogens is 1. The molecule has 1 aromatic carbocycles. The topological polar surface area (TPSA) is 70.7 Å². The lowest BCUT2D eigenvalue weighted by atomic mass is 9.91. The molecular weight excluding hydrogens is 452 g/mol. The second kappa shape index (κ2) is 10.0. The predicted octanol–water partition coefficient (Wildman–Crippen LogP) is 5.12. The van der Waals surface area contributed by atoms with Crippen LogP contribution in [0.25, 0.3) is 11.1 Å². The van der Waals surface area contributed by atoms with Gasteiger partial charge in [-0.3, -0.25) is 9.59 Å². The van der Waals surface area contributed by atoms with Crippen LogP contribution in [0, 0.1) is 6.92 Å². The number of carbonyl (C=O) groups is 2. The van der Waals surface area contributed by atoms with E-state index in [4.69, 9.17) is 4.42 Å². The number of amides is 2. The van der Waals surface area contributed by atoms with E-state index in [0.29, 0.717) is 24.4 Å². The van der Waals surface area contributed by atoms with Crippen LogP contribution < -0.4 is 10.2 Å². The van der Waals surface area contributed by atoms with Gasteiger partial charge in [0, 0.05) is 43.5 Å². The summed E-state index contributed by atoms with van der Waals surface area (Å²) in [6, 6.07) is 12.4. The first kappa shape index (κ1) is 24.5. The normalized spacial score (nSPS) is 20.5. The van der Waals surface area contributed by atoms with Crippen molar-refractivity contribution in [3.05, 3.63) is 53.9 Å². The first-order chi connectivity index (χ1) is 17.4. The van der Waals surface area contributed by atoms with E-state index in [1.807, 2.05) is 28.5 Å². The van der Waals surface area contributed by atoms with Crippen molar-refractivity contribution in [3.8, 4) is 0 Å². The highest BCUT2D eigenvalue weighted by Gasteiger charge is 2.48. The van der Waals surface area contributed by atoms with Gasteiger partial charge in [0.05, 0.1) is 18.3 Å². The average Bonchev–Trinajstić information content (AvgIpc) is 3.47. The van der Waals surface area contributed by atoms with Crippen LogP contribution in [0.5, 0.6) is 0 Å². The zero-order valence-corrected chi connectivity index (χ0v) is 21.8. The highest BCUT2D eigenvalue weighted by atomic mass is 16.3. The number of furan rings is 1. The van der Waals surface area contributed by atoms with Gasteiger partial charge in [-0.05, 0) is 57.7 Å². The van der Waals surface area contributed by atoms with Gasteiger partial charge in [-0.25, -0.2) is 0 Å². The molecule has 0 radical (unpaired) electrons. The summed E-state index contributed by atoms with van der Waals surface area (Å²) in [5.74, 6) is -0.155. The molecule has 2 aromatic heterocycles. The molecular formula is C29H38N4O3. The van der Waals surface area contributed by atoms with Crippen LogP contribution in [0.4, 0.5) is 5.69 Å². The molecule has 1 atom stereocenters. The van der Waals surface area contributed by atoms with E-state index >= 15 is 0 Å². The van der Waals surface area contributed by atoms with Gasteiger partial charge in [-0.2, -0.15) is 0 Å². The third kappa shape index (κ3) is 4.51. The minimum absolute atomic E-state index is 0.0511. The number of aryl methyl sites for hydroxylation is 1. The quantitative estimate of drug-likeness (QED) is 0.476. The molecule has 3 aromatic rings. The van der Waals surface area contributed by atoms with Crippen molar-refractivity contribution in [1.82, 2.24) is 14.8 Å². The molecule has 0 saturated heterocycles. The first-order valence-corrected chi connectivity index (χ1v) is 13.4. The maximum Gasteiger partial charge on any atom is 0.271 e. The van der Waals surface area contributed by atoms with Crippen LogP contribution in [-0.4, -0.2) is 52.5 Å². The molecule has 0 bridgehead atoms. The summed E-state index contributed by atoms with van der Waals surface area (Å²) in [5, 5.41) is 3.31. The van der Waals surface area contributed by atoms with Crippen molar-refractivity contribution in [1.29, 1.82) is 0 Å². The Morgan fingerprint density at radius 2 is 2.00 bits per heavy atom. The molecule has 2 amide bonds. The molecule has 1 saturated carbocycles. The van der Waals surface area contributed by atoms with E-state index in [2.05, 4.69) is 48.3 Å². The Kier molecular flexibility index (Phi) is 6.82. The highest BCUT2D eigenvalue weighted by Crippen LogP contribution is 2.33. The molecule has 1 N–H and O–H groups in total. The van der Waals surface area contributed by atoms with Crippen molar-refractivity contribution in [2.24, 2.45) is 0 Å². The second-order valence-corrected chi connectivity index (χ2v) is 10.6. The molecule has 1 aliphatic heterocycles. The van der Waals surface area contributed by atoms with Crippen molar-refractivity contribution < 1.29 is 14.0 Å². The summed E-state index contributed by atoms with van der Waals surface area (Å²) in [7, 11) is 0. The minimum atomic E-state index is -0.967. The van der Waals surface area contributed by atoms with Crippen LogP contribution >= 0.6 is 0 Å². The molecule has 0 spiro atoms. The van der Waals surface area contributed by atoms with Gasteiger partial charge in [0.2, 0.25) is 5.91 Å². The highest BCUT2D eigenvalue weighted by molar-refractivity contribution is 6.02. The molecule has 1 aliphatic carbocycles. The van der Waals surface area contributed by atoms with E-state index in [1.165, 1.54) is 17.7 Å². The van der Waals surface area contributed by atoms with Crippen molar-refractivity contribution >= 4 is 28.6 Å². The van der Waals surface area contributed by atoms with Gasteiger partial charge >= 0.3 is 0 Å². The Bertz CT molecular complexity index is 1240. The van der Waals surface area contributed by atoms with Gasteiger partial charge < -0.3 is 24.1 Å². The van der Waals surface area contributed by atoms with Crippen molar-refractivity contribution in [3.63, 3.8) is 0 Å².